The lowest BCUT2D eigenvalue weighted by Crippen LogP contribution is -2.30. The molecule has 0 unspecified atom stereocenters. The van der Waals surface area contributed by atoms with Crippen molar-refractivity contribution >= 4 is 34.2 Å². The number of hydrogen-bond acceptors (Lipinski definition) is 10. The van der Waals surface area contributed by atoms with Crippen LogP contribution in [0.2, 0.25) is 0 Å². The first-order valence-electron chi connectivity index (χ1n) is 13.1. The highest BCUT2D eigenvalue weighted by atomic mass is 19.3. The average Bonchev–Trinajstić information content (AvgIpc) is 3.01. The van der Waals surface area contributed by atoms with Crippen LogP contribution in [0.1, 0.15) is 46.4 Å². The van der Waals surface area contributed by atoms with Gasteiger partial charge in [-0.25, -0.2) is 24.0 Å². The van der Waals surface area contributed by atoms with Crippen LogP contribution in [-0.4, -0.2) is 63.4 Å². The molecule has 0 spiro atoms. The molecule has 5 rings (SSSR count). The van der Waals surface area contributed by atoms with E-state index in [1.165, 1.54) is 44.8 Å². The maximum absolute atomic E-state index is 13.6. The lowest BCUT2D eigenvalue weighted by atomic mass is 9.94. The fourth-order valence-electron chi connectivity index (χ4n) is 4.86. The Kier molecular flexibility index (Phi) is 8.21. The highest BCUT2D eigenvalue weighted by Gasteiger charge is 2.35. The Morgan fingerprint density at radius 3 is 2.47 bits per heavy atom. The first-order valence-corrected chi connectivity index (χ1v) is 13.1. The van der Waals surface area contributed by atoms with Crippen molar-refractivity contribution in [1.29, 1.82) is 0 Å². The van der Waals surface area contributed by atoms with Crippen LogP contribution >= 0.6 is 0 Å². The quantitative estimate of drug-likeness (QED) is 0.148. The zero-order chi connectivity index (χ0) is 30.7. The lowest BCUT2D eigenvalue weighted by molar-refractivity contribution is -0.0582. The van der Waals surface area contributed by atoms with Crippen molar-refractivity contribution in [2.45, 2.75) is 37.7 Å². The van der Waals surface area contributed by atoms with E-state index in [1.807, 2.05) is 0 Å². The maximum atomic E-state index is 13.6. The molecule has 1 aliphatic rings. The average molecular weight is 596 g/mol. The molecule has 43 heavy (non-hydrogen) atoms. The monoisotopic (exact) mass is 595 g/mol. The number of alkyl halides is 2. The van der Waals surface area contributed by atoms with Crippen LogP contribution in [0.5, 0.6) is 17.6 Å². The van der Waals surface area contributed by atoms with E-state index < -0.39 is 23.9 Å². The number of benzene rings is 2. The normalized spacial score (nSPS) is 14.6. The van der Waals surface area contributed by atoms with E-state index in [2.05, 4.69) is 20.3 Å². The summed E-state index contributed by atoms with van der Waals surface area (Å²) < 4.78 is 43.6. The summed E-state index contributed by atoms with van der Waals surface area (Å²) in [6, 6.07) is 9.41. The van der Waals surface area contributed by atoms with E-state index in [4.69, 9.17) is 14.2 Å². The number of carboxylic acid groups (broad SMARTS) is 1. The number of anilines is 2. The van der Waals surface area contributed by atoms with Gasteiger partial charge in [-0.2, -0.15) is 4.98 Å². The number of nitrogens with one attached hydrogen (secondary N) is 2. The molecule has 0 saturated heterocycles. The molecular formula is C29H27F2N5O7. The number of aromatic carboxylic acids is 1. The van der Waals surface area contributed by atoms with Crippen LogP contribution in [0.4, 0.5) is 20.2 Å². The number of carbonyl (C=O) groups is 2. The molecule has 14 heteroatoms. The summed E-state index contributed by atoms with van der Waals surface area (Å²) in [5.41, 5.74) is 3.52. The van der Waals surface area contributed by atoms with E-state index in [9.17, 15) is 28.7 Å². The van der Waals surface area contributed by atoms with Crippen molar-refractivity contribution in [2.24, 2.45) is 0 Å². The molecule has 4 N–H and O–H groups in total. The molecule has 1 aliphatic carbocycles. The summed E-state index contributed by atoms with van der Waals surface area (Å²) in [5, 5.41) is 22.6. The van der Waals surface area contributed by atoms with Gasteiger partial charge in [0, 0.05) is 42.4 Å². The number of hydrogen-bond donors (Lipinski definition) is 4. The van der Waals surface area contributed by atoms with Crippen molar-refractivity contribution in [2.75, 3.05) is 19.5 Å². The molecule has 4 aromatic rings. The molecule has 2 aromatic carbocycles. The Hall–Kier alpha value is -5.11. The number of amides is 1. The number of pyridine rings is 1. The highest BCUT2D eigenvalue weighted by Crippen LogP contribution is 2.37. The van der Waals surface area contributed by atoms with Gasteiger partial charge in [0.1, 0.15) is 5.75 Å². The van der Waals surface area contributed by atoms with Gasteiger partial charge in [-0.3, -0.25) is 15.0 Å². The first kappa shape index (κ1) is 29.4. The van der Waals surface area contributed by atoms with Gasteiger partial charge in [0.2, 0.25) is 11.8 Å². The Morgan fingerprint density at radius 2 is 1.79 bits per heavy atom. The van der Waals surface area contributed by atoms with Gasteiger partial charge in [0.05, 0.1) is 48.2 Å². The highest BCUT2D eigenvalue weighted by molar-refractivity contribution is 6.08. The summed E-state index contributed by atoms with van der Waals surface area (Å²) >= 11 is 0. The van der Waals surface area contributed by atoms with Crippen molar-refractivity contribution in [3.63, 3.8) is 0 Å². The number of carbonyl (C=O) groups excluding carboxylic acids is 1. The van der Waals surface area contributed by atoms with E-state index >= 15 is 0 Å². The molecule has 2 aromatic heterocycles. The Labute approximate surface area is 243 Å². The second-order valence-corrected chi connectivity index (χ2v) is 9.85. The standard InChI is InChI=1S/C29H27F2N5O7/c1-41-26-21(13-33-28(35-26)42-2)15-3-4-20-23(11-15)32-14-22(25(37)36-40)24(20)34-17-9-16(27(38)39)10-19(12-17)43-18-5-7-29(30,31)8-6-18/h3-4,9-14,18,40H,5-8H2,1-2H3,(H,32,34)(H,36,37)(H,38,39). The molecule has 12 nitrogen and oxygen atoms in total. The van der Waals surface area contributed by atoms with E-state index in [1.54, 1.807) is 23.7 Å². The number of fused-ring (bicyclic) bond motifs is 1. The summed E-state index contributed by atoms with van der Waals surface area (Å²) in [7, 11) is 2.89. The summed E-state index contributed by atoms with van der Waals surface area (Å²) in [6.45, 7) is 0. The van der Waals surface area contributed by atoms with Gasteiger partial charge >= 0.3 is 12.0 Å². The minimum Gasteiger partial charge on any atom is -0.490 e. The van der Waals surface area contributed by atoms with E-state index in [0.29, 0.717) is 22.0 Å². The number of nitrogens with zero attached hydrogens (tertiary/aromatic N) is 3. The zero-order valence-electron chi connectivity index (χ0n) is 23.1. The number of ether oxygens (including phenoxy) is 3. The van der Waals surface area contributed by atoms with Crippen molar-refractivity contribution < 1.29 is 42.9 Å². The smallest absolute Gasteiger partial charge is 0.335 e. The first-order chi connectivity index (χ1) is 20.6. The van der Waals surface area contributed by atoms with Gasteiger partial charge in [-0.1, -0.05) is 12.1 Å². The number of methoxy groups -OCH3 is 2. The van der Waals surface area contributed by atoms with Crippen molar-refractivity contribution in [3.05, 3.63) is 59.9 Å². The molecule has 0 bridgehead atoms. The molecule has 0 atom stereocenters. The van der Waals surface area contributed by atoms with E-state index in [-0.39, 0.29) is 65.8 Å². The van der Waals surface area contributed by atoms with E-state index in [0.717, 1.165) is 0 Å². The maximum Gasteiger partial charge on any atom is 0.335 e. The van der Waals surface area contributed by atoms with Gasteiger partial charge < -0.3 is 24.6 Å². The van der Waals surface area contributed by atoms with Crippen LogP contribution in [0.15, 0.2) is 48.8 Å². The molecule has 1 saturated carbocycles. The molecule has 0 radical (unpaired) electrons. The van der Waals surface area contributed by atoms with Crippen LogP contribution in [0.3, 0.4) is 0 Å². The Bertz CT molecular complexity index is 1690. The Balaban J connectivity index is 1.55. The van der Waals surface area contributed by atoms with Crippen LogP contribution < -0.4 is 25.0 Å². The number of rotatable bonds is 9. The third-order valence-electron chi connectivity index (χ3n) is 7.02. The minimum absolute atomic E-state index is 0.0363. The predicted octanol–water partition coefficient (Wildman–Crippen LogP) is 5.23. The van der Waals surface area contributed by atoms with Crippen LogP contribution in [-0.2, 0) is 0 Å². The second-order valence-electron chi connectivity index (χ2n) is 9.85. The number of halogens is 2. The predicted molar refractivity (Wildman–Crippen MR) is 150 cm³/mol. The van der Waals surface area contributed by atoms with Crippen LogP contribution in [0, 0.1) is 0 Å². The van der Waals surface area contributed by atoms with Gasteiger partial charge in [-0.05, 0) is 36.6 Å². The summed E-state index contributed by atoms with van der Waals surface area (Å²) in [4.78, 5) is 37.2. The van der Waals surface area contributed by atoms with Crippen LogP contribution in [0.25, 0.3) is 22.0 Å². The SMILES string of the molecule is COc1ncc(-c2ccc3c(Nc4cc(OC5CCC(F)(F)CC5)cc(C(=O)O)c4)c(C(=O)NO)cnc3c2)c(OC)n1. The minimum atomic E-state index is -2.74. The van der Waals surface area contributed by atoms with Crippen molar-refractivity contribution in [3.8, 4) is 28.8 Å². The number of aromatic nitrogens is 3. The largest absolute Gasteiger partial charge is 0.490 e. The Morgan fingerprint density at radius 1 is 1.02 bits per heavy atom. The summed E-state index contributed by atoms with van der Waals surface area (Å²) in [5.74, 6) is -4.41. The molecule has 2 heterocycles. The third kappa shape index (κ3) is 6.38. The van der Waals surface area contributed by atoms with Gasteiger partial charge in [-0.15, -0.1) is 0 Å². The molecule has 0 aliphatic heterocycles. The zero-order valence-corrected chi connectivity index (χ0v) is 23.1. The number of hydroxylamine groups is 1. The number of carboxylic acids is 1. The van der Waals surface area contributed by atoms with Gasteiger partial charge in [0.25, 0.3) is 5.91 Å². The second kappa shape index (κ2) is 12.0. The lowest BCUT2D eigenvalue weighted by Gasteiger charge is -2.29. The fourth-order valence-corrected chi connectivity index (χ4v) is 4.86. The summed E-state index contributed by atoms with van der Waals surface area (Å²) in [6.07, 6.45) is 1.88. The van der Waals surface area contributed by atoms with Crippen molar-refractivity contribution in [1.82, 2.24) is 20.4 Å². The third-order valence-corrected chi connectivity index (χ3v) is 7.02. The molecule has 1 amide bonds. The fraction of sp³-hybridized carbons (Fsp3) is 0.276. The molecule has 1 fully saturated rings. The molecular weight excluding hydrogens is 568 g/mol. The topological polar surface area (TPSA) is 165 Å². The molecule has 224 valence electrons. The van der Waals surface area contributed by atoms with Gasteiger partial charge in [0.15, 0.2) is 0 Å².